The lowest BCUT2D eigenvalue weighted by Gasteiger charge is -2.48. The van der Waals surface area contributed by atoms with Crippen molar-refractivity contribution in [2.75, 3.05) is 31.7 Å². The molecule has 25 heteroatoms. The number of non-ortho nitro benzene ring substituents is 1. The SMILES string of the molecule is CC(=O)OC[C@H]1O[C@@H](O[C@H]2[C@H](OC(C)=O)[C@@H](OC(C)=O)[C@H](OCCCCCCCCCCCCNc3ccc([N+](=O)[O-])c4nonc34)O[C@@H]2COC(C)=O)[C@H](OC(C)=O)[C@@H](OC(C)=O)[C@H]1OC(C)=O. The summed E-state index contributed by atoms with van der Waals surface area (Å²) in [5, 5.41) is 21.9. The molecule has 2 aliphatic rings. The molecule has 0 saturated carbocycles. The van der Waals surface area contributed by atoms with Crippen LogP contribution in [0.5, 0.6) is 0 Å². The smallest absolute Gasteiger partial charge is 0.303 e. The summed E-state index contributed by atoms with van der Waals surface area (Å²) in [6.07, 6.45) is -6.07. The molecule has 0 spiro atoms. The summed E-state index contributed by atoms with van der Waals surface area (Å²) in [6.45, 7) is 7.27. The molecule has 2 aromatic rings. The van der Waals surface area contributed by atoms with Crippen LogP contribution in [0, 0.1) is 10.1 Å². The number of anilines is 1. The van der Waals surface area contributed by atoms with Gasteiger partial charge in [0.05, 0.1) is 10.6 Å². The summed E-state index contributed by atoms with van der Waals surface area (Å²) in [6, 6.07) is 2.97. The lowest BCUT2D eigenvalue weighted by atomic mass is 9.96. The summed E-state index contributed by atoms with van der Waals surface area (Å²) >= 11 is 0. The number of hydrogen-bond acceptors (Lipinski definition) is 24. The van der Waals surface area contributed by atoms with Crippen LogP contribution >= 0.6 is 0 Å². The molecular formula is C44H62N4O21. The molecule has 2 saturated heterocycles. The van der Waals surface area contributed by atoms with Crippen LogP contribution in [-0.2, 0) is 85.7 Å². The van der Waals surface area contributed by atoms with Gasteiger partial charge < -0.3 is 57.4 Å². The number of esters is 7. The van der Waals surface area contributed by atoms with Gasteiger partial charge in [0.1, 0.15) is 31.5 Å². The zero-order valence-corrected chi connectivity index (χ0v) is 39.7. The first-order valence-electron chi connectivity index (χ1n) is 22.7. The lowest BCUT2D eigenvalue weighted by Crippen LogP contribution is -2.67. The second-order valence-electron chi connectivity index (χ2n) is 16.3. The fourth-order valence-electron chi connectivity index (χ4n) is 7.81. The molecule has 3 heterocycles. The van der Waals surface area contributed by atoms with Gasteiger partial charge in [0, 0.05) is 67.7 Å². The Morgan fingerprint density at radius 2 is 0.986 bits per heavy atom. The molecule has 0 bridgehead atoms. The maximum Gasteiger partial charge on any atom is 0.303 e. The monoisotopic (exact) mass is 982 g/mol. The number of nitro groups is 1. The van der Waals surface area contributed by atoms with Gasteiger partial charge in [-0.15, -0.1) is 0 Å². The van der Waals surface area contributed by atoms with Crippen molar-refractivity contribution in [2.45, 2.75) is 174 Å². The summed E-state index contributed by atoms with van der Waals surface area (Å²) in [5.74, 6) is -5.82. The minimum Gasteiger partial charge on any atom is -0.463 e. The normalized spacial score (nSPS) is 24.3. The van der Waals surface area contributed by atoms with Crippen LogP contribution < -0.4 is 5.32 Å². The van der Waals surface area contributed by atoms with E-state index < -0.39 is 121 Å². The van der Waals surface area contributed by atoms with Gasteiger partial charge in [0.25, 0.3) is 0 Å². The van der Waals surface area contributed by atoms with Gasteiger partial charge in [0.15, 0.2) is 48.6 Å². The molecule has 0 radical (unpaired) electrons. The lowest BCUT2D eigenvalue weighted by molar-refractivity contribution is -0.383. The van der Waals surface area contributed by atoms with Gasteiger partial charge in [-0.3, -0.25) is 43.7 Å². The molecule has 0 aliphatic carbocycles. The number of unbranched alkanes of at least 4 members (excludes halogenated alkanes) is 9. The second kappa shape index (κ2) is 27.8. The Hall–Kier alpha value is -6.05. The van der Waals surface area contributed by atoms with Crippen molar-refractivity contribution in [1.29, 1.82) is 0 Å². The number of carbonyl (C=O) groups is 7. The van der Waals surface area contributed by atoms with Crippen molar-refractivity contribution < 1.29 is 95.2 Å². The fraction of sp³-hybridized carbons (Fsp3) is 0.705. The van der Waals surface area contributed by atoms with E-state index in [0.29, 0.717) is 24.2 Å². The van der Waals surface area contributed by atoms with Gasteiger partial charge in [-0.25, -0.2) is 4.63 Å². The third-order valence-electron chi connectivity index (χ3n) is 10.6. The first kappa shape index (κ1) is 55.5. The molecule has 1 aromatic heterocycles. The number of ether oxygens (including phenoxy) is 11. The highest BCUT2D eigenvalue weighted by Crippen LogP contribution is 2.36. The van der Waals surface area contributed by atoms with Crippen LogP contribution in [0.25, 0.3) is 11.0 Å². The molecule has 4 rings (SSSR count). The van der Waals surface area contributed by atoms with E-state index in [1.165, 1.54) is 6.07 Å². The standard InChI is InChI=1S/C44H62N4O21/c1-24(49)59-22-33-37(61-26(3)51)39(62-27(4)52)42(65-30(7)55)44(67-33)68-38-34(23-60-25(2)50)66-43(41(64-29(6)54)40(38)63-28(5)53)58-21-17-15-13-11-9-8-10-12-14-16-20-45-31-18-19-32(48(56)57)36-35(31)46-69-47-36/h18-19,33-34,37-45H,8-17,20-23H2,1-7H3/t33-,34-,37+,38-,39+,40+,41-,42-,43-,44+/m1/s1. The summed E-state index contributed by atoms with van der Waals surface area (Å²) < 4.78 is 67.9. The van der Waals surface area contributed by atoms with Crippen molar-refractivity contribution in [3.05, 3.63) is 22.2 Å². The average Bonchev–Trinajstić information content (AvgIpc) is 3.76. The molecule has 69 heavy (non-hydrogen) atoms. The topological polar surface area (TPSA) is 315 Å². The van der Waals surface area contributed by atoms with Crippen molar-refractivity contribution >= 4 is 64.2 Å². The van der Waals surface area contributed by atoms with Gasteiger partial charge in [-0.1, -0.05) is 51.4 Å². The predicted molar refractivity (Wildman–Crippen MR) is 232 cm³/mol. The van der Waals surface area contributed by atoms with E-state index in [1.807, 2.05) is 0 Å². The predicted octanol–water partition coefficient (Wildman–Crippen LogP) is 4.08. The number of nitrogens with zero attached hydrogens (tertiary/aromatic N) is 3. The third-order valence-corrected chi connectivity index (χ3v) is 10.6. The number of benzene rings is 1. The average molecular weight is 983 g/mol. The summed E-state index contributed by atoms with van der Waals surface area (Å²) in [4.78, 5) is 97.2. The molecule has 25 nitrogen and oxygen atoms in total. The van der Waals surface area contributed by atoms with Crippen LogP contribution in [0.4, 0.5) is 11.4 Å². The summed E-state index contributed by atoms with van der Waals surface area (Å²) in [5.41, 5.74) is 0.873. The van der Waals surface area contributed by atoms with Crippen LogP contribution in [0.15, 0.2) is 16.8 Å². The molecule has 1 N–H and O–H groups in total. The number of hydrogen-bond donors (Lipinski definition) is 1. The maximum atomic E-state index is 12.7. The van der Waals surface area contributed by atoms with Gasteiger partial charge in [-0.2, -0.15) is 0 Å². The van der Waals surface area contributed by atoms with E-state index in [2.05, 4.69) is 15.6 Å². The maximum absolute atomic E-state index is 12.7. The number of aromatic nitrogens is 2. The summed E-state index contributed by atoms with van der Waals surface area (Å²) in [7, 11) is 0. The van der Waals surface area contributed by atoms with E-state index >= 15 is 0 Å². The Morgan fingerprint density at radius 1 is 0.551 bits per heavy atom. The van der Waals surface area contributed by atoms with Crippen molar-refractivity contribution in [2.24, 2.45) is 0 Å². The van der Waals surface area contributed by atoms with E-state index in [0.717, 1.165) is 106 Å². The molecule has 2 aliphatic heterocycles. The molecule has 0 amide bonds. The van der Waals surface area contributed by atoms with E-state index in [4.69, 9.17) is 56.7 Å². The van der Waals surface area contributed by atoms with Crippen molar-refractivity contribution in [3.63, 3.8) is 0 Å². The van der Waals surface area contributed by atoms with Crippen LogP contribution in [0.2, 0.25) is 0 Å². The van der Waals surface area contributed by atoms with Crippen molar-refractivity contribution in [1.82, 2.24) is 10.3 Å². The van der Waals surface area contributed by atoms with Crippen molar-refractivity contribution in [3.8, 4) is 0 Å². The Kier molecular flexibility index (Phi) is 22.4. The molecule has 10 atom stereocenters. The molecule has 0 unspecified atom stereocenters. The zero-order chi connectivity index (χ0) is 50.6. The highest BCUT2D eigenvalue weighted by Gasteiger charge is 2.57. The van der Waals surface area contributed by atoms with Crippen LogP contribution in [0.1, 0.15) is 113 Å². The first-order chi connectivity index (χ1) is 32.9. The fourth-order valence-corrected chi connectivity index (χ4v) is 7.81. The largest absolute Gasteiger partial charge is 0.463 e. The van der Waals surface area contributed by atoms with Crippen LogP contribution in [0.3, 0.4) is 0 Å². The Labute approximate surface area is 397 Å². The Bertz CT molecular complexity index is 2060. The first-order valence-corrected chi connectivity index (χ1v) is 22.7. The van der Waals surface area contributed by atoms with Gasteiger partial charge >= 0.3 is 47.5 Å². The van der Waals surface area contributed by atoms with Gasteiger partial charge in [-0.05, 0) is 29.2 Å². The van der Waals surface area contributed by atoms with Gasteiger partial charge in [0.2, 0.25) is 5.52 Å². The highest BCUT2D eigenvalue weighted by atomic mass is 16.8. The molecule has 384 valence electrons. The number of nitro benzene ring substituents is 1. The molecular weight excluding hydrogens is 920 g/mol. The third kappa shape index (κ3) is 17.8. The van der Waals surface area contributed by atoms with Crippen LogP contribution in [-0.4, -0.2) is 145 Å². The zero-order valence-electron chi connectivity index (χ0n) is 39.7. The van der Waals surface area contributed by atoms with E-state index in [-0.39, 0.29) is 17.8 Å². The van der Waals surface area contributed by atoms with E-state index in [9.17, 15) is 43.7 Å². The number of fused-ring (bicyclic) bond motifs is 1. The molecule has 2 fully saturated rings. The second-order valence-corrected chi connectivity index (χ2v) is 16.3. The number of nitrogens with one attached hydrogen (secondary N) is 1. The minimum atomic E-state index is -1.79. The van der Waals surface area contributed by atoms with E-state index in [1.54, 1.807) is 6.07 Å². The Balaban J connectivity index is 1.37. The Morgan fingerprint density at radius 3 is 1.51 bits per heavy atom. The highest BCUT2D eigenvalue weighted by molar-refractivity contribution is 5.93. The molecule has 1 aromatic carbocycles. The minimum absolute atomic E-state index is 0.100. The quantitative estimate of drug-likeness (QED) is 0.0433. The number of carbonyl (C=O) groups excluding carboxylic acids is 7. The number of rotatable bonds is 27.